The second-order valence-corrected chi connectivity index (χ2v) is 4.16. The molecule has 0 atom stereocenters. The summed E-state index contributed by atoms with van der Waals surface area (Å²) in [4.78, 5) is 10.6. The molecule has 0 amide bonds. The first-order valence-corrected chi connectivity index (χ1v) is 5.92. The van der Waals surface area contributed by atoms with Crippen molar-refractivity contribution in [3.05, 3.63) is 29.3 Å². The number of carboxylic acids is 1. The minimum absolute atomic E-state index is 0.101. The van der Waals surface area contributed by atoms with Crippen LogP contribution in [0.5, 0.6) is 5.75 Å². The van der Waals surface area contributed by atoms with Gasteiger partial charge in [0.2, 0.25) is 0 Å². The molecule has 0 heterocycles. The van der Waals surface area contributed by atoms with E-state index >= 15 is 0 Å². The summed E-state index contributed by atoms with van der Waals surface area (Å²) in [6.07, 6.45) is 1.35. The van der Waals surface area contributed by atoms with Crippen LogP contribution in [0.25, 0.3) is 0 Å². The Morgan fingerprint density at radius 3 is 2.24 bits per heavy atom. The third-order valence-corrected chi connectivity index (χ3v) is 1.78. The lowest BCUT2D eigenvalue weighted by Gasteiger charge is -2.12. The molecule has 3 heteroatoms. The smallest absolute Gasteiger partial charge is 0.335 e. The third kappa shape index (κ3) is 5.95. The van der Waals surface area contributed by atoms with E-state index in [-0.39, 0.29) is 6.10 Å². The Morgan fingerprint density at radius 1 is 1.35 bits per heavy atom. The van der Waals surface area contributed by atoms with Gasteiger partial charge in [-0.1, -0.05) is 20.3 Å². The third-order valence-electron chi connectivity index (χ3n) is 1.78. The van der Waals surface area contributed by atoms with Crippen LogP contribution in [0.2, 0.25) is 0 Å². The molecule has 0 fully saturated rings. The summed E-state index contributed by atoms with van der Waals surface area (Å²) < 4.78 is 5.49. The van der Waals surface area contributed by atoms with E-state index < -0.39 is 5.97 Å². The van der Waals surface area contributed by atoms with Gasteiger partial charge in [0.15, 0.2) is 0 Å². The largest absolute Gasteiger partial charge is 0.491 e. The molecule has 1 rings (SSSR count). The molecule has 0 aliphatic carbocycles. The van der Waals surface area contributed by atoms with E-state index in [1.165, 1.54) is 6.42 Å². The Kier molecular flexibility index (Phi) is 7.03. The summed E-state index contributed by atoms with van der Waals surface area (Å²) in [5.41, 5.74) is 1.14. The monoisotopic (exact) mass is 238 g/mol. The summed E-state index contributed by atoms with van der Waals surface area (Å²) in [7, 11) is 0. The van der Waals surface area contributed by atoms with Crippen LogP contribution in [0.3, 0.4) is 0 Å². The van der Waals surface area contributed by atoms with Gasteiger partial charge in [-0.15, -0.1) is 0 Å². The van der Waals surface area contributed by atoms with Gasteiger partial charge in [0.1, 0.15) is 5.75 Å². The van der Waals surface area contributed by atoms with Crippen LogP contribution >= 0.6 is 0 Å². The van der Waals surface area contributed by atoms with Crippen LogP contribution in [0, 0.1) is 6.92 Å². The van der Waals surface area contributed by atoms with Gasteiger partial charge in [0, 0.05) is 0 Å². The van der Waals surface area contributed by atoms with E-state index in [4.69, 9.17) is 9.84 Å². The number of carbonyl (C=O) groups is 1. The maximum absolute atomic E-state index is 10.6. The van der Waals surface area contributed by atoms with E-state index in [2.05, 4.69) is 13.8 Å². The molecule has 0 radical (unpaired) electrons. The lowest BCUT2D eigenvalue weighted by Crippen LogP contribution is -2.07. The van der Waals surface area contributed by atoms with Crippen molar-refractivity contribution in [2.24, 2.45) is 0 Å². The van der Waals surface area contributed by atoms with Crippen molar-refractivity contribution in [3.8, 4) is 5.75 Å². The summed E-state index contributed by atoms with van der Waals surface area (Å²) >= 11 is 0. The molecule has 1 N–H and O–H groups in total. The van der Waals surface area contributed by atoms with Crippen LogP contribution in [-0.4, -0.2) is 17.2 Å². The molecule has 96 valence electrons. The SMILES string of the molecule is CCC.Cc1cc(C(=O)O)ccc1OC(C)C. The zero-order chi connectivity index (χ0) is 13.4. The van der Waals surface area contributed by atoms with Gasteiger partial charge in [-0.25, -0.2) is 4.79 Å². The maximum Gasteiger partial charge on any atom is 0.335 e. The van der Waals surface area contributed by atoms with Crippen LogP contribution in [0.15, 0.2) is 18.2 Å². The molecule has 3 nitrogen and oxygen atoms in total. The Labute approximate surface area is 103 Å². The van der Waals surface area contributed by atoms with E-state index in [0.717, 1.165) is 11.3 Å². The minimum Gasteiger partial charge on any atom is -0.491 e. The van der Waals surface area contributed by atoms with Crippen LogP contribution in [0.4, 0.5) is 0 Å². The summed E-state index contributed by atoms with van der Waals surface area (Å²) in [6.45, 7) is 9.96. The maximum atomic E-state index is 10.6. The van der Waals surface area contributed by atoms with E-state index in [1.54, 1.807) is 18.2 Å². The number of hydrogen-bond donors (Lipinski definition) is 1. The van der Waals surface area contributed by atoms with Crippen LogP contribution < -0.4 is 4.74 Å². The fraction of sp³-hybridized carbons (Fsp3) is 0.500. The van der Waals surface area contributed by atoms with E-state index in [9.17, 15) is 4.79 Å². The molecule has 0 aliphatic rings. The van der Waals surface area contributed by atoms with Crippen molar-refractivity contribution in [3.63, 3.8) is 0 Å². The number of carboxylic acid groups (broad SMARTS) is 1. The number of aromatic carboxylic acids is 1. The molecule has 1 aromatic carbocycles. The highest BCUT2D eigenvalue weighted by Crippen LogP contribution is 2.20. The molecule has 0 aromatic heterocycles. The first kappa shape index (κ1) is 15.5. The predicted octanol–water partition coefficient (Wildman–Crippen LogP) is 3.90. The normalized spacial score (nSPS) is 9.53. The Bertz CT molecular complexity index is 356. The molecule has 17 heavy (non-hydrogen) atoms. The number of rotatable bonds is 3. The van der Waals surface area contributed by atoms with Crippen molar-refractivity contribution in [1.82, 2.24) is 0 Å². The molecule has 0 saturated heterocycles. The second kappa shape index (κ2) is 7.71. The minimum atomic E-state index is -0.913. The predicted molar refractivity (Wildman–Crippen MR) is 69.9 cm³/mol. The fourth-order valence-electron chi connectivity index (χ4n) is 1.17. The molecule has 0 bridgehead atoms. The Morgan fingerprint density at radius 2 is 1.88 bits per heavy atom. The lowest BCUT2D eigenvalue weighted by atomic mass is 10.1. The van der Waals surface area contributed by atoms with Crippen LogP contribution in [0.1, 0.15) is 50.0 Å². The standard InChI is InChI=1S/C11H14O3.C3H8/c1-7(2)14-10-5-4-9(11(12)13)6-8(10)3;1-3-2/h4-7H,1-3H3,(H,12,13);3H2,1-2H3. The number of hydrogen-bond acceptors (Lipinski definition) is 2. The number of aryl methyl sites for hydroxylation is 1. The van der Waals surface area contributed by atoms with Gasteiger partial charge >= 0.3 is 5.97 Å². The van der Waals surface area contributed by atoms with Crippen molar-refractivity contribution < 1.29 is 14.6 Å². The lowest BCUT2D eigenvalue weighted by molar-refractivity contribution is 0.0696. The fourth-order valence-corrected chi connectivity index (χ4v) is 1.17. The van der Waals surface area contributed by atoms with Gasteiger partial charge in [0.05, 0.1) is 11.7 Å². The number of benzene rings is 1. The summed E-state index contributed by atoms with van der Waals surface area (Å²) in [5.74, 6) is -0.172. The Balaban J connectivity index is 0.000000770. The molecule has 0 unspecified atom stereocenters. The summed E-state index contributed by atoms with van der Waals surface area (Å²) in [5, 5.41) is 8.74. The topological polar surface area (TPSA) is 46.5 Å². The van der Waals surface area contributed by atoms with Gasteiger partial charge in [-0.2, -0.15) is 0 Å². The van der Waals surface area contributed by atoms with E-state index in [0.29, 0.717) is 5.56 Å². The van der Waals surface area contributed by atoms with Crippen molar-refractivity contribution in [2.45, 2.75) is 47.1 Å². The van der Waals surface area contributed by atoms with Crippen molar-refractivity contribution in [1.29, 1.82) is 0 Å². The molecule has 0 aliphatic heterocycles. The van der Waals surface area contributed by atoms with Gasteiger partial charge < -0.3 is 9.84 Å². The van der Waals surface area contributed by atoms with E-state index in [1.807, 2.05) is 20.8 Å². The number of ether oxygens (including phenoxy) is 1. The zero-order valence-corrected chi connectivity index (χ0v) is 11.3. The first-order valence-electron chi connectivity index (χ1n) is 5.92. The van der Waals surface area contributed by atoms with Gasteiger partial charge in [-0.3, -0.25) is 0 Å². The average molecular weight is 238 g/mol. The quantitative estimate of drug-likeness (QED) is 0.868. The average Bonchev–Trinajstić information content (AvgIpc) is 2.21. The van der Waals surface area contributed by atoms with Gasteiger partial charge in [0.25, 0.3) is 0 Å². The molecular weight excluding hydrogens is 216 g/mol. The van der Waals surface area contributed by atoms with Crippen LogP contribution in [-0.2, 0) is 0 Å². The molecule has 0 spiro atoms. The summed E-state index contributed by atoms with van der Waals surface area (Å²) in [6, 6.07) is 4.85. The van der Waals surface area contributed by atoms with Crippen molar-refractivity contribution >= 4 is 5.97 Å². The van der Waals surface area contributed by atoms with Gasteiger partial charge in [-0.05, 0) is 44.5 Å². The molecule has 0 saturated carbocycles. The second-order valence-electron chi connectivity index (χ2n) is 4.16. The van der Waals surface area contributed by atoms with Crippen molar-refractivity contribution in [2.75, 3.05) is 0 Å². The molecule has 1 aromatic rings. The highest BCUT2D eigenvalue weighted by molar-refractivity contribution is 5.88. The first-order chi connectivity index (χ1) is 7.92. The Hall–Kier alpha value is -1.51. The highest BCUT2D eigenvalue weighted by Gasteiger charge is 2.07. The zero-order valence-electron chi connectivity index (χ0n) is 11.3. The highest BCUT2D eigenvalue weighted by atomic mass is 16.5. The molecular formula is C14H22O3.